The fraction of sp³-hybridized carbons (Fsp3) is 0.381. The molecule has 0 bridgehead atoms. The van der Waals surface area contributed by atoms with Gasteiger partial charge >= 0.3 is 0 Å². The van der Waals surface area contributed by atoms with E-state index in [1.54, 1.807) is 4.90 Å². The molecule has 1 fully saturated rings. The first-order chi connectivity index (χ1) is 12.3. The Morgan fingerprint density at radius 1 is 1.19 bits per heavy atom. The molecule has 0 spiro atoms. The third-order valence-corrected chi connectivity index (χ3v) is 4.85. The van der Waals surface area contributed by atoms with Gasteiger partial charge in [0.15, 0.2) is 0 Å². The van der Waals surface area contributed by atoms with E-state index in [1.807, 2.05) is 58.0 Å². The van der Waals surface area contributed by atoms with E-state index in [9.17, 15) is 9.59 Å². The van der Waals surface area contributed by atoms with Crippen LogP contribution < -0.4 is 5.32 Å². The average molecular weight is 351 g/mol. The first-order valence-corrected chi connectivity index (χ1v) is 8.92. The third-order valence-electron chi connectivity index (χ3n) is 4.85. The molecule has 1 atom stereocenters. The van der Waals surface area contributed by atoms with Gasteiger partial charge in [0.05, 0.1) is 17.3 Å². The van der Waals surface area contributed by atoms with Crippen LogP contribution in [0.15, 0.2) is 30.3 Å². The molecule has 2 amide bonds. The number of amides is 2. The van der Waals surface area contributed by atoms with Gasteiger partial charge in [-0.1, -0.05) is 29.8 Å². The molecule has 1 aromatic carbocycles. The number of carbonyl (C=O) groups excluding carboxylic acids is 2. The maximum atomic E-state index is 12.7. The van der Waals surface area contributed by atoms with Gasteiger partial charge in [0.1, 0.15) is 0 Å². The summed E-state index contributed by atoms with van der Waals surface area (Å²) in [6.45, 7) is 8.82. The molecule has 2 heterocycles. The minimum Gasteiger partial charge on any atom is -0.338 e. The van der Waals surface area contributed by atoms with E-state index >= 15 is 0 Å². The van der Waals surface area contributed by atoms with E-state index in [-0.39, 0.29) is 24.2 Å². The highest BCUT2D eigenvalue weighted by atomic mass is 16.2. The van der Waals surface area contributed by atoms with Crippen LogP contribution in [-0.2, 0) is 16.1 Å². The zero-order valence-corrected chi connectivity index (χ0v) is 15.8. The molecule has 0 aliphatic carbocycles. The molecule has 1 aromatic heterocycles. The first kappa shape index (κ1) is 18.1. The van der Waals surface area contributed by atoms with Crippen LogP contribution in [0.1, 0.15) is 34.5 Å². The predicted molar refractivity (Wildman–Crippen MR) is 102 cm³/mol. The molecule has 1 aliphatic rings. The van der Waals surface area contributed by atoms with E-state index in [4.69, 9.17) is 0 Å². The topological polar surface area (TPSA) is 62.3 Å². The number of rotatable bonds is 4. The molecule has 5 nitrogen and oxygen atoms in total. The molecule has 1 aliphatic heterocycles. The number of aromatic nitrogens is 1. The summed E-state index contributed by atoms with van der Waals surface area (Å²) in [4.78, 5) is 31.2. The summed E-state index contributed by atoms with van der Waals surface area (Å²) >= 11 is 0. The van der Waals surface area contributed by atoms with Crippen molar-refractivity contribution in [1.29, 1.82) is 0 Å². The van der Waals surface area contributed by atoms with Crippen LogP contribution in [0.4, 0.5) is 5.69 Å². The Bertz CT molecular complexity index is 820. The van der Waals surface area contributed by atoms with Gasteiger partial charge in [0.25, 0.3) is 0 Å². The zero-order chi connectivity index (χ0) is 18.8. The van der Waals surface area contributed by atoms with Gasteiger partial charge < -0.3 is 10.2 Å². The number of pyridine rings is 1. The van der Waals surface area contributed by atoms with Crippen molar-refractivity contribution in [1.82, 2.24) is 9.88 Å². The summed E-state index contributed by atoms with van der Waals surface area (Å²) in [5, 5.41) is 2.98. The van der Waals surface area contributed by atoms with Crippen LogP contribution in [0.25, 0.3) is 0 Å². The van der Waals surface area contributed by atoms with Crippen molar-refractivity contribution in [3.63, 3.8) is 0 Å². The second kappa shape index (κ2) is 7.28. The Labute approximate surface area is 154 Å². The maximum Gasteiger partial charge on any atom is 0.229 e. The molecule has 0 saturated carbocycles. The molecular weight excluding hydrogens is 326 g/mol. The quantitative estimate of drug-likeness (QED) is 0.919. The number of hydrogen-bond donors (Lipinski definition) is 1. The average Bonchev–Trinajstić information content (AvgIpc) is 2.94. The van der Waals surface area contributed by atoms with Gasteiger partial charge in [-0.2, -0.15) is 0 Å². The van der Waals surface area contributed by atoms with E-state index in [2.05, 4.69) is 10.3 Å². The standard InChI is InChI=1S/C21H25N3O2/c1-13-5-7-17(8-6-13)11-24-12-18(10-19(24)25)21(26)23-20-14(2)9-15(3)22-16(20)4/h5-9,18H,10-12H2,1-4H3,(H,23,26). The molecule has 26 heavy (non-hydrogen) atoms. The number of hydrogen-bond acceptors (Lipinski definition) is 3. The number of carbonyl (C=O) groups is 2. The summed E-state index contributed by atoms with van der Waals surface area (Å²) in [5.74, 6) is -0.407. The monoisotopic (exact) mass is 351 g/mol. The van der Waals surface area contributed by atoms with E-state index < -0.39 is 0 Å². The van der Waals surface area contributed by atoms with Gasteiger partial charge in [-0.3, -0.25) is 14.6 Å². The minimum atomic E-state index is -0.326. The van der Waals surface area contributed by atoms with Gasteiger partial charge in [0, 0.05) is 25.2 Å². The largest absolute Gasteiger partial charge is 0.338 e. The number of likely N-dealkylation sites (tertiary alicyclic amines) is 1. The molecule has 1 unspecified atom stereocenters. The highest BCUT2D eigenvalue weighted by molar-refractivity contribution is 5.98. The highest BCUT2D eigenvalue weighted by Crippen LogP contribution is 2.24. The molecule has 1 saturated heterocycles. The third kappa shape index (κ3) is 3.93. The van der Waals surface area contributed by atoms with Gasteiger partial charge in [-0.25, -0.2) is 0 Å². The van der Waals surface area contributed by atoms with Crippen molar-refractivity contribution < 1.29 is 9.59 Å². The predicted octanol–water partition coefficient (Wildman–Crippen LogP) is 3.30. The summed E-state index contributed by atoms with van der Waals surface area (Å²) in [6.07, 6.45) is 0.259. The molecule has 0 radical (unpaired) electrons. The second-order valence-electron chi connectivity index (χ2n) is 7.19. The van der Waals surface area contributed by atoms with Crippen molar-refractivity contribution >= 4 is 17.5 Å². The molecule has 1 N–H and O–H groups in total. The fourth-order valence-corrected chi connectivity index (χ4v) is 3.45. The Hall–Kier alpha value is -2.69. The normalized spacial score (nSPS) is 16.8. The lowest BCUT2D eigenvalue weighted by atomic mass is 10.1. The van der Waals surface area contributed by atoms with Crippen LogP contribution in [0, 0.1) is 33.6 Å². The lowest BCUT2D eigenvalue weighted by Crippen LogP contribution is -2.28. The summed E-state index contributed by atoms with van der Waals surface area (Å²) < 4.78 is 0. The Morgan fingerprint density at radius 2 is 1.88 bits per heavy atom. The van der Waals surface area contributed by atoms with Crippen LogP contribution >= 0.6 is 0 Å². The van der Waals surface area contributed by atoms with Crippen molar-refractivity contribution in [3.8, 4) is 0 Å². The van der Waals surface area contributed by atoms with Crippen molar-refractivity contribution in [2.45, 2.75) is 40.7 Å². The van der Waals surface area contributed by atoms with Crippen molar-refractivity contribution in [2.75, 3.05) is 11.9 Å². The van der Waals surface area contributed by atoms with Crippen molar-refractivity contribution in [2.24, 2.45) is 5.92 Å². The summed E-state index contributed by atoms with van der Waals surface area (Å²) in [6, 6.07) is 10.1. The number of benzene rings is 1. The number of aryl methyl sites for hydroxylation is 4. The molecule has 2 aromatic rings. The highest BCUT2D eigenvalue weighted by Gasteiger charge is 2.34. The van der Waals surface area contributed by atoms with E-state index in [0.717, 1.165) is 28.2 Å². The number of anilines is 1. The Kier molecular flexibility index (Phi) is 5.07. The lowest BCUT2D eigenvalue weighted by Gasteiger charge is -2.17. The van der Waals surface area contributed by atoms with Crippen LogP contribution in [0.5, 0.6) is 0 Å². The van der Waals surface area contributed by atoms with E-state index in [0.29, 0.717) is 13.1 Å². The maximum absolute atomic E-state index is 12.7. The van der Waals surface area contributed by atoms with Gasteiger partial charge in [-0.15, -0.1) is 0 Å². The Balaban J connectivity index is 1.66. The molecule has 5 heteroatoms. The molecule has 136 valence electrons. The smallest absolute Gasteiger partial charge is 0.229 e. The van der Waals surface area contributed by atoms with Gasteiger partial charge in [0.2, 0.25) is 11.8 Å². The van der Waals surface area contributed by atoms with Gasteiger partial charge in [-0.05, 0) is 44.9 Å². The first-order valence-electron chi connectivity index (χ1n) is 8.92. The SMILES string of the molecule is Cc1ccc(CN2CC(C(=O)Nc3c(C)cc(C)nc3C)CC2=O)cc1. The fourth-order valence-electron chi connectivity index (χ4n) is 3.45. The van der Waals surface area contributed by atoms with Crippen LogP contribution in [0.2, 0.25) is 0 Å². The van der Waals surface area contributed by atoms with Crippen LogP contribution in [0.3, 0.4) is 0 Å². The zero-order valence-electron chi connectivity index (χ0n) is 15.8. The number of nitrogens with zero attached hydrogens (tertiary/aromatic N) is 2. The summed E-state index contributed by atoms with van der Waals surface area (Å²) in [7, 11) is 0. The second-order valence-corrected chi connectivity index (χ2v) is 7.19. The molecule has 3 rings (SSSR count). The van der Waals surface area contributed by atoms with Crippen LogP contribution in [-0.4, -0.2) is 28.2 Å². The summed E-state index contributed by atoms with van der Waals surface area (Å²) in [5.41, 5.74) is 5.75. The lowest BCUT2D eigenvalue weighted by molar-refractivity contribution is -0.128. The Morgan fingerprint density at radius 3 is 2.54 bits per heavy atom. The van der Waals surface area contributed by atoms with E-state index in [1.165, 1.54) is 5.56 Å². The molecular formula is C21H25N3O2. The minimum absolute atomic E-state index is 0.0289. The number of nitrogens with one attached hydrogen (secondary N) is 1. The van der Waals surface area contributed by atoms with Crippen molar-refractivity contribution in [3.05, 3.63) is 58.4 Å².